The molecule has 2 aromatic rings. The second kappa shape index (κ2) is 6.20. The van der Waals surface area contributed by atoms with E-state index in [1.54, 1.807) is 0 Å². The van der Waals surface area contributed by atoms with Gasteiger partial charge in [0.1, 0.15) is 12.4 Å². The smallest absolute Gasteiger partial charge is 0.123 e. The molecule has 1 heterocycles. The van der Waals surface area contributed by atoms with E-state index < -0.39 is 0 Å². The molecule has 3 heteroatoms. The average molecular weight is 320 g/mol. The van der Waals surface area contributed by atoms with Gasteiger partial charge in [-0.05, 0) is 48.2 Å². The van der Waals surface area contributed by atoms with Crippen LogP contribution < -0.4 is 4.74 Å². The molecule has 19 heavy (non-hydrogen) atoms. The summed E-state index contributed by atoms with van der Waals surface area (Å²) in [6, 6.07) is 8.24. The van der Waals surface area contributed by atoms with E-state index >= 15 is 0 Å². The third-order valence-electron chi connectivity index (χ3n) is 2.92. The first-order chi connectivity index (χ1) is 9.06. The Bertz CT molecular complexity index is 566. The van der Waals surface area contributed by atoms with Crippen molar-refractivity contribution >= 4 is 15.9 Å². The Morgan fingerprint density at radius 2 is 2.00 bits per heavy atom. The van der Waals surface area contributed by atoms with Crippen molar-refractivity contribution in [3.05, 3.63) is 57.8 Å². The van der Waals surface area contributed by atoms with Crippen molar-refractivity contribution in [3.63, 3.8) is 0 Å². The summed E-state index contributed by atoms with van der Waals surface area (Å²) in [6.07, 6.45) is 3.70. The molecule has 0 bridgehead atoms. The standard InChI is InChI=1S/C16H18BrNO/c1-11(2)15-7-14(17)4-5-16(15)19-10-13-6-12(3)8-18-9-13/h4-9,11H,10H2,1-3H3. The molecule has 2 rings (SSSR count). The Labute approximate surface area is 123 Å². The zero-order valence-electron chi connectivity index (χ0n) is 11.5. The summed E-state index contributed by atoms with van der Waals surface area (Å²) in [5.74, 6) is 1.38. The Morgan fingerprint density at radius 3 is 2.68 bits per heavy atom. The van der Waals surface area contributed by atoms with Gasteiger partial charge in [-0.3, -0.25) is 4.98 Å². The van der Waals surface area contributed by atoms with Gasteiger partial charge < -0.3 is 4.74 Å². The molecule has 1 aromatic heterocycles. The highest BCUT2D eigenvalue weighted by atomic mass is 79.9. The highest BCUT2D eigenvalue weighted by Gasteiger charge is 2.08. The van der Waals surface area contributed by atoms with Crippen molar-refractivity contribution in [1.29, 1.82) is 0 Å². The minimum atomic E-state index is 0.433. The van der Waals surface area contributed by atoms with Crippen molar-refractivity contribution in [1.82, 2.24) is 4.98 Å². The van der Waals surface area contributed by atoms with Gasteiger partial charge in [0, 0.05) is 22.4 Å². The maximum atomic E-state index is 5.93. The van der Waals surface area contributed by atoms with Crippen LogP contribution in [0.5, 0.6) is 5.75 Å². The second-order valence-electron chi connectivity index (χ2n) is 5.00. The predicted molar refractivity (Wildman–Crippen MR) is 81.5 cm³/mol. The van der Waals surface area contributed by atoms with Crippen LogP contribution in [0.2, 0.25) is 0 Å². The van der Waals surface area contributed by atoms with Crippen LogP contribution >= 0.6 is 15.9 Å². The number of hydrogen-bond acceptors (Lipinski definition) is 2. The lowest BCUT2D eigenvalue weighted by atomic mass is 10.0. The Balaban J connectivity index is 2.15. The molecule has 2 nitrogen and oxygen atoms in total. The van der Waals surface area contributed by atoms with Crippen molar-refractivity contribution in [3.8, 4) is 5.75 Å². The molecular formula is C16H18BrNO. The number of aryl methyl sites for hydroxylation is 1. The summed E-state index contributed by atoms with van der Waals surface area (Å²) in [5.41, 5.74) is 3.47. The fourth-order valence-corrected chi connectivity index (χ4v) is 2.34. The number of ether oxygens (including phenoxy) is 1. The van der Waals surface area contributed by atoms with Gasteiger partial charge in [-0.2, -0.15) is 0 Å². The highest BCUT2D eigenvalue weighted by molar-refractivity contribution is 9.10. The topological polar surface area (TPSA) is 22.1 Å². The lowest BCUT2D eigenvalue weighted by Gasteiger charge is -2.14. The second-order valence-corrected chi connectivity index (χ2v) is 5.91. The summed E-state index contributed by atoms with van der Waals surface area (Å²) in [5, 5.41) is 0. The Morgan fingerprint density at radius 1 is 1.21 bits per heavy atom. The molecule has 0 radical (unpaired) electrons. The maximum absolute atomic E-state index is 5.93. The zero-order valence-corrected chi connectivity index (χ0v) is 13.1. The largest absolute Gasteiger partial charge is 0.489 e. The van der Waals surface area contributed by atoms with Crippen molar-refractivity contribution < 1.29 is 4.74 Å². The minimum Gasteiger partial charge on any atom is -0.489 e. The number of benzene rings is 1. The monoisotopic (exact) mass is 319 g/mol. The molecule has 0 fully saturated rings. The van der Waals surface area contributed by atoms with Crippen LogP contribution in [0, 0.1) is 6.92 Å². The van der Waals surface area contributed by atoms with E-state index in [1.807, 2.05) is 31.5 Å². The fraction of sp³-hybridized carbons (Fsp3) is 0.312. The summed E-state index contributed by atoms with van der Waals surface area (Å²) < 4.78 is 7.02. The van der Waals surface area contributed by atoms with Crippen LogP contribution in [-0.2, 0) is 6.61 Å². The third-order valence-corrected chi connectivity index (χ3v) is 3.41. The molecule has 0 atom stereocenters. The summed E-state index contributed by atoms with van der Waals surface area (Å²) in [7, 11) is 0. The number of rotatable bonds is 4. The summed E-state index contributed by atoms with van der Waals surface area (Å²) >= 11 is 3.50. The molecule has 0 unspecified atom stereocenters. The number of nitrogens with zero attached hydrogens (tertiary/aromatic N) is 1. The highest BCUT2D eigenvalue weighted by Crippen LogP contribution is 2.30. The molecule has 0 N–H and O–H groups in total. The Kier molecular flexibility index (Phi) is 4.59. The predicted octanol–water partition coefficient (Wildman–Crippen LogP) is 4.85. The van der Waals surface area contributed by atoms with Gasteiger partial charge in [-0.25, -0.2) is 0 Å². The van der Waals surface area contributed by atoms with Gasteiger partial charge >= 0.3 is 0 Å². The molecule has 0 amide bonds. The van der Waals surface area contributed by atoms with E-state index in [9.17, 15) is 0 Å². The van der Waals surface area contributed by atoms with Crippen LogP contribution in [0.3, 0.4) is 0 Å². The van der Waals surface area contributed by atoms with Crippen molar-refractivity contribution in [2.45, 2.75) is 33.3 Å². The normalized spacial score (nSPS) is 10.8. The molecule has 0 spiro atoms. The van der Waals surface area contributed by atoms with Gasteiger partial charge in [0.05, 0.1) is 0 Å². The Hall–Kier alpha value is -1.35. The van der Waals surface area contributed by atoms with E-state index in [1.165, 1.54) is 5.56 Å². The van der Waals surface area contributed by atoms with Crippen LogP contribution in [0.1, 0.15) is 36.5 Å². The molecule has 0 aliphatic heterocycles. The van der Waals surface area contributed by atoms with E-state index in [-0.39, 0.29) is 0 Å². The van der Waals surface area contributed by atoms with Crippen LogP contribution in [0.25, 0.3) is 0 Å². The lowest BCUT2D eigenvalue weighted by molar-refractivity contribution is 0.301. The van der Waals surface area contributed by atoms with Gasteiger partial charge in [0.25, 0.3) is 0 Å². The van der Waals surface area contributed by atoms with Gasteiger partial charge in [0.15, 0.2) is 0 Å². The third kappa shape index (κ3) is 3.80. The quantitative estimate of drug-likeness (QED) is 0.803. The maximum Gasteiger partial charge on any atom is 0.123 e. The molecule has 0 saturated carbocycles. The molecule has 0 aliphatic carbocycles. The van der Waals surface area contributed by atoms with Gasteiger partial charge in [-0.1, -0.05) is 29.8 Å². The fourth-order valence-electron chi connectivity index (χ4n) is 1.96. The SMILES string of the molecule is Cc1cncc(COc2ccc(Br)cc2C(C)C)c1. The minimum absolute atomic E-state index is 0.433. The van der Waals surface area contributed by atoms with E-state index in [0.29, 0.717) is 12.5 Å². The first kappa shape index (κ1) is 14.1. The number of halogens is 1. The number of aromatic nitrogens is 1. The van der Waals surface area contributed by atoms with E-state index in [2.05, 4.69) is 46.9 Å². The molecule has 100 valence electrons. The number of pyridine rings is 1. The van der Waals surface area contributed by atoms with Crippen LogP contribution in [-0.4, -0.2) is 4.98 Å². The zero-order chi connectivity index (χ0) is 13.8. The van der Waals surface area contributed by atoms with Crippen LogP contribution in [0.15, 0.2) is 41.1 Å². The first-order valence-corrected chi connectivity index (χ1v) is 7.18. The van der Waals surface area contributed by atoms with Gasteiger partial charge in [0.2, 0.25) is 0 Å². The number of hydrogen-bond donors (Lipinski definition) is 0. The average Bonchev–Trinajstić information content (AvgIpc) is 2.37. The van der Waals surface area contributed by atoms with E-state index in [0.717, 1.165) is 21.3 Å². The summed E-state index contributed by atoms with van der Waals surface area (Å²) in [6.45, 7) is 6.93. The van der Waals surface area contributed by atoms with Gasteiger partial charge in [-0.15, -0.1) is 0 Å². The van der Waals surface area contributed by atoms with Crippen molar-refractivity contribution in [2.75, 3.05) is 0 Å². The first-order valence-electron chi connectivity index (χ1n) is 6.39. The lowest BCUT2D eigenvalue weighted by Crippen LogP contribution is -2.00. The van der Waals surface area contributed by atoms with E-state index in [4.69, 9.17) is 4.74 Å². The molecule has 0 aliphatic rings. The molecule has 1 aromatic carbocycles. The summed E-state index contributed by atoms with van der Waals surface area (Å²) in [4.78, 5) is 4.18. The van der Waals surface area contributed by atoms with Crippen LogP contribution in [0.4, 0.5) is 0 Å². The molecular weight excluding hydrogens is 302 g/mol. The van der Waals surface area contributed by atoms with Crippen molar-refractivity contribution in [2.24, 2.45) is 0 Å². The molecule has 0 saturated heterocycles.